The Kier molecular flexibility index (Phi) is 6.42. The molecule has 1 saturated heterocycles. The summed E-state index contributed by atoms with van der Waals surface area (Å²) in [6.07, 6.45) is 17.4. The topological polar surface area (TPSA) is 49.7 Å². The molecule has 0 aromatic heterocycles. The molecule has 4 aliphatic rings. The Morgan fingerprint density at radius 3 is 2.55 bits per heavy atom. The molecule has 3 saturated carbocycles. The molecule has 0 spiro atoms. The molecule has 8 atom stereocenters. The van der Waals surface area contributed by atoms with Crippen molar-refractivity contribution >= 4 is 0 Å². The van der Waals surface area contributed by atoms with Gasteiger partial charge in [-0.3, -0.25) is 0 Å². The van der Waals surface area contributed by atoms with E-state index in [0.717, 1.165) is 38.0 Å². The number of ether oxygens (including phenoxy) is 1. The summed E-state index contributed by atoms with van der Waals surface area (Å²) in [5.41, 5.74) is 0.499. The van der Waals surface area contributed by atoms with Gasteiger partial charge < -0.3 is 14.9 Å². The van der Waals surface area contributed by atoms with Crippen molar-refractivity contribution in [2.75, 3.05) is 0 Å². The lowest BCUT2D eigenvalue weighted by Crippen LogP contribution is -2.64. The quantitative estimate of drug-likeness (QED) is 0.486. The molecule has 0 aromatic rings. The summed E-state index contributed by atoms with van der Waals surface area (Å²) in [5, 5.41) is 20.8. The van der Waals surface area contributed by atoms with Crippen LogP contribution in [0.2, 0.25) is 0 Å². The van der Waals surface area contributed by atoms with E-state index >= 15 is 0 Å². The number of hydrogen-bond acceptors (Lipinski definition) is 3. The maximum Gasteiger partial charge on any atom is 0.0745 e. The van der Waals surface area contributed by atoms with Crippen molar-refractivity contribution < 1.29 is 14.9 Å². The number of unbranched alkanes of at least 4 members (excludes halogenated alkanes) is 3. The van der Waals surface area contributed by atoms with Crippen molar-refractivity contribution in [3.63, 3.8) is 0 Å². The summed E-state index contributed by atoms with van der Waals surface area (Å²) >= 11 is 0. The molecular weight excluding hydrogens is 360 g/mol. The molecule has 1 aliphatic heterocycles. The van der Waals surface area contributed by atoms with Crippen LogP contribution in [0, 0.1) is 23.2 Å². The van der Waals surface area contributed by atoms with E-state index in [1.54, 1.807) is 0 Å². The van der Waals surface area contributed by atoms with Gasteiger partial charge in [-0.25, -0.2) is 0 Å². The molecular formula is C26H46O3. The zero-order chi connectivity index (χ0) is 20.7. The van der Waals surface area contributed by atoms with Crippen molar-refractivity contribution in [1.29, 1.82) is 0 Å². The van der Waals surface area contributed by atoms with Gasteiger partial charge in [0.15, 0.2) is 0 Å². The van der Waals surface area contributed by atoms with Crippen LogP contribution < -0.4 is 0 Å². The normalized spacial score (nSPS) is 49.3. The predicted octanol–water partition coefficient (Wildman–Crippen LogP) is 6.00. The van der Waals surface area contributed by atoms with E-state index in [9.17, 15) is 10.2 Å². The average Bonchev–Trinajstić information content (AvgIpc) is 3.04. The smallest absolute Gasteiger partial charge is 0.0745 e. The molecule has 0 aromatic carbocycles. The Labute approximate surface area is 179 Å². The predicted molar refractivity (Wildman–Crippen MR) is 118 cm³/mol. The molecule has 8 unspecified atom stereocenters. The zero-order valence-electron chi connectivity index (χ0n) is 19.3. The van der Waals surface area contributed by atoms with Crippen molar-refractivity contribution in [3.8, 4) is 0 Å². The summed E-state index contributed by atoms with van der Waals surface area (Å²) in [6.45, 7) is 7.09. The van der Waals surface area contributed by atoms with Gasteiger partial charge in [-0.2, -0.15) is 0 Å². The number of aliphatic hydroxyl groups is 2. The Bertz CT molecular complexity index is 564. The van der Waals surface area contributed by atoms with Crippen LogP contribution >= 0.6 is 0 Å². The van der Waals surface area contributed by atoms with E-state index in [2.05, 4.69) is 20.8 Å². The Balaban J connectivity index is 1.36. The van der Waals surface area contributed by atoms with Gasteiger partial charge in [-0.1, -0.05) is 46.0 Å². The molecule has 168 valence electrons. The fourth-order valence-corrected chi connectivity index (χ4v) is 8.22. The van der Waals surface area contributed by atoms with Crippen molar-refractivity contribution in [2.45, 2.75) is 140 Å². The van der Waals surface area contributed by atoms with Crippen LogP contribution in [-0.4, -0.2) is 33.6 Å². The maximum atomic E-state index is 10.6. The van der Waals surface area contributed by atoms with Crippen LogP contribution in [0.4, 0.5) is 0 Å². The van der Waals surface area contributed by atoms with E-state index in [-0.39, 0.29) is 34.7 Å². The molecule has 3 heteroatoms. The van der Waals surface area contributed by atoms with Crippen molar-refractivity contribution in [1.82, 2.24) is 0 Å². The lowest BCUT2D eigenvalue weighted by molar-refractivity contribution is -0.311. The minimum absolute atomic E-state index is 0.133. The molecule has 2 N–H and O–H groups in total. The lowest BCUT2D eigenvalue weighted by Gasteiger charge is -2.60. The van der Waals surface area contributed by atoms with Gasteiger partial charge in [0.05, 0.1) is 23.4 Å². The third-order valence-electron chi connectivity index (χ3n) is 9.94. The minimum Gasteiger partial charge on any atom is -0.393 e. The summed E-state index contributed by atoms with van der Waals surface area (Å²) in [7, 11) is 0. The van der Waals surface area contributed by atoms with Crippen LogP contribution in [-0.2, 0) is 4.74 Å². The maximum absolute atomic E-state index is 10.6. The Hall–Kier alpha value is -0.120. The van der Waals surface area contributed by atoms with Gasteiger partial charge in [0.1, 0.15) is 0 Å². The highest BCUT2D eigenvalue weighted by molar-refractivity contribution is 5.12. The van der Waals surface area contributed by atoms with Crippen LogP contribution in [0.15, 0.2) is 0 Å². The van der Waals surface area contributed by atoms with E-state index in [4.69, 9.17) is 4.74 Å². The molecule has 4 fully saturated rings. The van der Waals surface area contributed by atoms with Gasteiger partial charge in [0.25, 0.3) is 0 Å². The van der Waals surface area contributed by atoms with Crippen molar-refractivity contribution in [2.24, 2.45) is 23.2 Å². The van der Waals surface area contributed by atoms with E-state index in [1.807, 2.05) is 0 Å². The van der Waals surface area contributed by atoms with Gasteiger partial charge in [-0.15, -0.1) is 0 Å². The van der Waals surface area contributed by atoms with Crippen molar-refractivity contribution in [3.05, 3.63) is 0 Å². The molecule has 0 bridgehead atoms. The monoisotopic (exact) mass is 406 g/mol. The molecule has 29 heavy (non-hydrogen) atoms. The third kappa shape index (κ3) is 3.94. The summed E-state index contributed by atoms with van der Waals surface area (Å²) < 4.78 is 6.83. The van der Waals surface area contributed by atoms with E-state index in [0.29, 0.717) is 5.92 Å². The molecule has 0 radical (unpaired) electrons. The highest BCUT2D eigenvalue weighted by Gasteiger charge is 2.63. The number of fused-ring (bicyclic) bond motifs is 2. The SMILES string of the molecule is CCCCCCC1(C)OC2(CCC3CCC(O)C4CC(O)CCC34C)CCCC12. The first-order valence-electron chi connectivity index (χ1n) is 12.9. The number of aliphatic hydroxyl groups excluding tert-OH is 2. The summed E-state index contributed by atoms with van der Waals surface area (Å²) in [6, 6.07) is 0. The molecule has 3 aliphatic carbocycles. The Morgan fingerprint density at radius 2 is 1.76 bits per heavy atom. The van der Waals surface area contributed by atoms with Gasteiger partial charge >= 0.3 is 0 Å². The first-order valence-corrected chi connectivity index (χ1v) is 12.9. The summed E-state index contributed by atoms with van der Waals surface area (Å²) in [5.74, 6) is 1.73. The van der Waals surface area contributed by atoms with Gasteiger partial charge in [0, 0.05) is 5.92 Å². The van der Waals surface area contributed by atoms with Gasteiger partial charge in [-0.05, 0) is 88.4 Å². The first kappa shape index (κ1) is 22.1. The van der Waals surface area contributed by atoms with Crippen LogP contribution in [0.5, 0.6) is 0 Å². The molecule has 0 amide bonds. The third-order valence-corrected chi connectivity index (χ3v) is 9.94. The largest absolute Gasteiger partial charge is 0.393 e. The fraction of sp³-hybridized carbons (Fsp3) is 1.00. The highest BCUT2D eigenvalue weighted by Crippen LogP contribution is 2.62. The van der Waals surface area contributed by atoms with Crippen LogP contribution in [0.3, 0.4) is 0 Å². The Morgan fingerprint density at radius 1 is 0.931 bits per heavy atom. The second-order valence-electron chi connectivity index (χ2n) is 11.7. The average molecular weight is 407 g/mol. The van der Waals surface area contributed by atoms with E-state index < -0.39 is 0 Å². The zero-order valence-corrected chi connectivity index (χ0v) is 19.3. The minimum atomic E-state index is -0.213. The number of rotatable bonds is 8. The molecule has 3 nitrogen and oxygen atoms in total. The fourth-order valence-electron chi connectivity index (χ4n) is 8.22. The van der Waals surface area contributed by atoms with Crippen LogP contribution in [0.1, 0.15) is 117 Å². The second kappa shape index (κ2) is 8.43. The van der Waals surface area contributed by atoms with Crippen LogP contribution in [0.25, 0.3) is 0 Å². The number of hydrogen-bond donors (Lipinski definition) is 2. The highest BCUT2D eigenvalue weighted by atomic mass is 16.6. The molecule has 4 rings (SSSR count). The van der Waals surface area contributed by atoms with E-state index in [1.165, 1.54) is 64.2 Å². The first-order chi connectivity index (χ1) is 13.8. The standard InChI is InChI=1S/C26H46O3/c1-4-5-6-7-14-25(3)23-9-8-15-26(23,29-25)17-12-19-10-11-22(28)21-18-20(27)13-16-24(19,21)2/h19-23,27-28H,4-18H2,1-3H3. The lowest BCUT2D eigenvalue weighted by atomic mass is 9.52. The second-order valence-corrected chi connectivity index (χ2v) is 11.7. The molecule has 1 heterocycles. The van der Waals surface area contributed by atoms with Gasteiger partial charge in [0.2, 0.25) is 0 Å². The summed E-state index contributed by atoms with van der Waals surface area (Å²) in [4.78, 5) is 0.